The molecule has 10 heteroatoms. The molecule has 3 rings (SSSR count). The number of amides is 1. The first-order valence-electron chi connectivity index (χ1n) is 9.19. The lowest BCUT2D eigenvalue weighted by Gasteiger charge is -2.40. The second-order valence-electron chi connectivity index (χ2n) is 7.42. The summed E-state index contributed by atoms with van der Waals surface area (Å²) in [5, 5.41) is 14.0. The third-order valence-electron chi connectivity index (χ3n) is 5.39. The maximum absolute atomic E-state index is 13.0. The van der Waals surface area contributed by atoms with Crippen molar-refractivity contribution in [3.05, 3.63) is 36.3 Å². The molecular formula is C19H23F3N4O3. The molecule has 29 heavy (non-hydrogen) atoms. The smallest absolute Gasteiger partial charge is 0.426 e. The minimum Gasteiger partial charge on any atom is -0.481 e. The second-order valence-corrected chi connectivity index (χ2v) is 7.42. The Labute approximate surface area is 166 Å². The molecule has 1 amide bonds. The average Bonchev–Trinajstić information content (AvgIpc) is 3.16. The summed E-state index contributed by atoms with van der Waals surface area (Å²) in [5.74, 6) is -0.986. The molecule has 158 valence electrons. The number of nitrogens with zero attached hydrogens (tertiary/aromatic N) is 4. The first kappa shape index (κ1) is 21.1. The van der Waals surface area contributed by atoms with E-state index in [-0.39, 0.29) is 24.9 Å². The van der Waals surface area contributed by atoms with Gasteiger partial charge in [0.15, 0.2) is 0 Å². The first-order valence-corrected chi connectivity index (χ1v) is 9.19. The van der Waals surface area contributed by atoms with Crippen molar-refractivity contribution in [2.75, 3.05) is 20.2 Å². The van der Waals surface area contributed by atoms with Crippen LogP contribution in [0, 0.1) is 5.92 Å². The third-order valence-corrected chi connectivity index (χ3v) is 5.39. The maximum Gasteiger partial charge on any atom is 0.426 e. The van der Waals surface area contributed by atoms with Crippen LogP contribution in [0.2, 0.25) is 0 Å². The number of aromatic nitrogens is 3. The topological polar surface area (TPSA) is 80.5 Å². The number of likely N-dealkylation sites (tertiary alicyclic amines) is 1. The molecule has 0 bridgehead atoms. The summed E-state index contributed by atoms with van der Waals surface area (Å²) in [7, 11) is 1.52. The van der Waals surface area contributed by atoms with Gasteiger partial charge in [0.1, 0.15) is 0 Å². The molecule has 0 saturated carbocycles. The van der Waals surface area contributed by atoms with Crippen molar-refractivity contribution in [2.24, 2.45) is 5.92 Å². The highest BCUT2D eigenvalue weighted by atomic mass is 19.4. The number of hydrogen-bond donors (Lipinski definition) is 1. The van der Waals surface area contributed by atoms with Crippen LogP contribution in [0.15, 0.2) is 30.6 Å². The molecule has 3 heterocycles. The quantitative estimate of drug-likeness (QED) is 0.835. The van der Waals surface area contributed by atoms with Crippen molar-refractivity contribution in [2.45, 2.75) is 38.0 Å². The Balaban J connectivity index is 1.77. The number of halogens is 3. The maximum atomic E-state index is 13.0. The largest absolute Gasteiger partial charge is 0.481 e. The number of pyridine rings is 1. The molecule has 3 atom stereocenters. The Morgan fingerprint density at radius 3 is 2.59 bits per heavy atom. The Morgan fingerprint density at radius 1 is 1.31 bits per heavy atom. The zero-order valence-electron chi connectivity index (χ0n) is 16.3. The highest BCUT2D eigenvalue weighted by molar-refractivity contribution is 5.85. The van der Waals surface area contributed by atoms with E-state index >= 15 is 0 Å². The van der Waals surface area contributed by atoms with Gasteiger partial charge in [-0.2, -0.15) is 18.3 Å². The van der Waals surface area contributed by atoms with Crippen LogP contribution in [-0.4, -0.2) is 62.7 Å². The van der Waals surface area contributed by atoms with Gasteiger partial charge < -0.3 is 14.7 Å². The highest BCUT2D eigenvalue weighted by Crippen LogP contribution is 2.37. The van der Waals surface area contributed by atoms with E-state index in [1.165, 1.54) is 7.11 Å². The van der Waals surface area contributed by atoms with Gasteiger partial charge in [-0.05, 0) is 31.4 Å². The zero-order chi connectivity index (χ0) is 21.4. The fourth-order valence-corrected chi connectivity index (χ4v) is 3.63. The molecule has 1 fully saturated rings. The van der Waals surface area contributed by atoms with Crippen molar-refractivity contribution in [3.63, 3.8) is 0 Å². The monoisotopic (exact) mass is 412 g/mol. The fourth-order valence-electron chi connectivity index (χ4n) is 3.63. The number of carbonyl (C=O) groups excluding carboxylic acids is 1. The summed E-state index contributed by atoms with van der Waals surface area (Å²) in [6.45, 7) is 2.60. The van der Waals surface area contributed by atoms with E-state index in [9.17, 15) is 23.1 Å². The van der Waals surface area contributed by atoms with Gasteiger partial charge in [0.05, 0.1) is 19.0 Å². The molecule has 1 N–H and O–H groups in total. The number of alkyl halides is 3. The van der Waals surface area contributed by atoms with Crippen LogP contribution in [0.1, 0.15) is 31.9 Å². The van der Waals surface area contributed by atoms with E-state index < -0.39 is 17.7 Å². The molecule has 0 radical (unpaired) electrons. The SMILES string of the molecule is COc1ccc(-n2nccc2C2CCN(C(=O)C(C)(O)C(F)(F)F)CC2C)cn1. The van der Waals surface area contributed by atoms with E-state index in [2.05, 4.69) is 10.1 Å². The summed E-state index contributed by atoms with van der Waals surface area (Å²) in [4.78, 5) is 17.5. The van der Waals surface area contributed by atoms with Gasteiger partial charge >= 0.3 is 6.18 Å². The molecule has 7 nitrogen and oxygen atoms in total. The molecule has 1 aliphatic heterocycles. The lowest BCUT2D eigenvalue weighted by Crippen LogP contribution is -2.58. The lowest BCUT2D eigenvalue weighted by molar-refractivity contribution is -0.250. The van der Waals surface area contributed by atoms with E-state index in [0.29, 0.717) is 19.2 Å². The van der Waals surface area contributed by atoms with Gasteiger partial charge in [0.25, 0.3) is 5.91 Å². The predicted octanol–water partition coefficient (Wildman–Crippen LogP) is 2.54. The van der Waals surface area contributed by atoms with Crippen molar-refractivity contribution in [3.8, 4) is 11.6 Å². The lowest BCUT2D eigenvalue weighted by atomic mass is 9.83. The van der Waals surface area contributed by atoms with Crippen LogP contribution in [-0.2, 0) is 4.79 Å². The van der Waals surface area contributed by atoms with Crippen LogP contribution >= 0.6 is 0 Å². The van der Waals surface area contributed by atoms with Gasteiger partial charge in [0, 0.05) is 37.0 Å². The summed E-state index contributed by atoms with van der Waals surface area (Å²) in [6, 6.07) is 5.38. The van der Waals surface area contributed by atoms with Crippen LogP contribution in [0.25, 0.3) is 5.69 Å². The average molecular weight is 412 g/mol. The summed E-state index contributed by atoms with van der Waals surface area (Å²) in [5.41, 5.74) is -1.77. The Bertz CT molecular complexity index is 864. The van der Waals surface area contributed by atoms with Crippen molar-refractivity contribution < 1.29 is 27.8 Å². The summed E-state index contributed by atoms with van der Waals surface area (Å²) < 4.78 is 45.8. The van der Waals surface area contributed by atoms with E-state index in [1.54, 1.807) is 23.1 Å². The number of hydrogen-bond acceptors (Lipinski definition) is 5. The molecule has 2 aromatic heterocycles. The van der Waals surface area contributed by atoms with Crippen molar-refractivity contribution >= 4 is 5.91 Å². The molecule has 0 aliphatic carbocycles. The van der Waals surface area contributed by atoms with Crippen LogP contribution in [0.5, 0.6) is 5.88 Å². The molecule has 0 aromatic carbocycles. The Hall–Kier alpha value is -2.62. The van der Waals surface area contributed by atoms with Gasteiger partial charge in [-0.15, -0.1) is 0 Å². The number of piperidine rings is 1. The molecule has 3 unspecified atom stereocenters. The normalized spacial score (nSPS) is 22.2. The minimum absolute atomic E-state index is 0.0144. The van der Waals surface area contributed by atoms with Gasteiger partial charge in [-0.3, -0.25) is 4.79 Å². The van der Waals surface area contributed by atoms with Gasteiger partial charge in [-0.1, -0.05) is 6.92 Å². The van der Waals surface area contributed by atoms with Crippen molar-refractivity contribution in [1.82, 2.24) is 19.7 Å². The standard InChI is InChI=1S/C19H23F3N4O3/c1-12-11-25(17(27)18(2,28)19(20,21)22)9-7-14(12)15-6-8-24-26(15)13-4-5-16(29-3)23-10-13/h4-6,8,10,12,14,28H,7,9,11H2,1-3H3. The number of carbonyl (C=O) groups is 1. The first-order chi connectivity index (χ1) is 13.6. The van der Waals surface area contributed by atoms with Crippen molar-refractivity contribution in [1.29, 1.82) is 0 Å². The number of ether oxygens (including phenoxy) is 1. The molecule has 1 saturated heterocycles. The molecule has 1 aliphatic rings. The molecular weight excluding hydrogens is 389 g/mol. The van der Waals surface area contributed by atoms with Gasteiger partial charge in [-0.25, -0.2) is 9.67 Å². The Morgan fingerprint density at radius 2 is 2.03 bits per heavy atom. The number of aliphatic hydroxyl groups is 1. The van der Waals surface area contributed by atoms with Crippen LogP contribution in [0.3, 0.4) is 0 Å². The van der Waals surface area contributed by atoms with Gasteiger partial charge in [0.2, 0.25) is 11.5 Å². The third kappa shape index (κ3) is 3.93. The molecule has 2 aromatic rings. The summed E-state index contributed by atoms with van der Waals surface area (Å²) >= 11 is 0. The fraction of sp³-hybridized carbons (Fsp3) is 0.526. The van der Waals surface area contributed by atoms with E-state index in [0.717, 1.165) is 16.3 Å². The number of methoxy groups -OCH3 is 1. The predicted molar refractivity (Wildman–Crippen MR) is 97.7 cm³/mol. The zero-order valence-corrected chi connectivity index (χ0v) is 16.3. The Kier molecular flexibility index (Phi) is 5.57. The molecule has 0 spiro atoms. The van der Waals surface area contributed by atoms with Crippen LogP contribution < -0.4 is 4.74 Å². The van der Waals surface area contributed by atoms with E-state index in [1.807, 2.05) is 19.1 Å². The van der Waals surface area contributed by atoms with E-state index in [4.69, 9.17) is 4.74 Å². The summed E-state index contributed by atoms with van der Waals surface area (Å²) in [6.07, 6.45) is -1.29. The highest BCUT2D eigenvalue weighted by Gasteiger charge is 2.57. The minimum atomic E-state index is -5.02. The number of rotatable bonds is 4. The van der Waals surface area contributed by atoms with Crippen LogP contribution in [0.4, 0.5) is 13.2 Å². The second kappa shape index (κ2) is 7.66.